The highest BCUT2D eigenvalue weighted by Gasteiger charge is 2.42. The Bertz CT molecular complexity index is 753. The van der Waals surface area contributed by atoms with Gasteiger partial charge in [-0.05, 0) is 37.8 Å². The fraction of sp³-hybridized carbons (Fsp3) is 0.353. The number of hydrogen-bond acceptors (Lipinski definition) is 4. The number of benzene rings is 1. The van der Waals surface area contributed by atoms with Crippen LogP contribution in [0.15, 0.2) is 28.8 Å². The van der Waals surface area contributed by atoms with Gasteiger partial charge in [0.1, 0.15) is 16.8 Å². The molecular formula is C17H17N3O2. The molecule has 1 aliphatic carbocycles. The van der Waals surface area contributed by atoms with Crippen LogP contribution < -0.4 is 5.32 Å². The number of nitriles is 1. The van der Waals surface area contributed by atoms with Gasteiger partial charge in [0.25, 0.3) is 0 Å². The standard InChI is InChI=1S/C17H17N3O2/c1-11-15(12(2)22-20-11)19-16(21)17(10-18)8-7-13-5-3-4-6-14(13)9-17/h3-6H,7-9H2,1-2H3,(H,19,21). The molecule has 112 valence electrons. The second kappa shape index (κ2) is 5.30. The maximum absolute atomic E-state index is 12.7. The molecule has 1 amide bonds. The van der Waals surface area contributed by atoms with Crippen molar-refractivity contribution in [3.63, 3.8) is 0 Å². The summed E-state index contributed by atoms with van der Waals surface area (Å²) in [5, 5.41) is 16.3. The number of aryl methyl sites for hydroxylation is 3. The van der Waals surface area contributed by atoms with Gasteiger partial charge in [-0.1, -0.05) is 29.4 Å². The molecule has 0 saturated heterocycles. The molecule has 0 fully saturated rings. The van der Waals surface area contributed by atoms with Gasteiger partial charge in [0.2, 0.25) is 5.91 Å². The van der Waals surface area contributed by atoms with Crippen LogP contribution in [0, 0.1) is 30.6 Å². The Morgan fingerprint density at radius 3 is 2.73 bits per heavy atom. The number of carbonyl (C=O) groups excluding carboxylic acids is 1. The lowest BCUT2D eigenvalue weighted by Gasteiger charge is -2.30. The molecule has 1 aromatic heterocycles. The first-order valence-corrected chi connectivity index (χ1v) is 7.28. The number of hydrogen-bond donors (Lipinski definition) is 1. The molecule has 1 atom stereocenters. The summed E-state index contributed by atoms with van der Waals surface area (Å²) in [5.41, 5.74) is 2.45. The van der Waals surface area contributed by atoms with Crippen molar-refractivity contribution >= 4 is 11.6 Å². The van der Waals surface area contributed by atoms with Gasteiger partial charge in [0.15, 0.2) is 5.76 Å². The highest BCUT2D eigenvalue weighted by molar-refractivity contribution is 5.98. The smallest absolute Gasteiger partial charge is 0.245 e. The molecule has 5 nitrogen and oxygen atoms in total. The van der Waals surface area contributed by atoms with Crippen molar-refractivity contribution < 1.29 is 9.32 Å². The van der Waals surface area contributed by atoms with Crippen LogP contribution in [0.2, 0.25) is 0 Å². The Labute approximate surface area is 128 Å². The molecule has 1 aliphatic rings. The molecule has 22 heavy (non-hydrogen) atoms. The first-order chi connectivity index (χ1) is 10.6. The Hall–Kier alpha value is -2.61. The van der Waals surface area contributed by atoms with E-state index in [4.69, 9.17) is 4.52 Å². The van der Waals surface area contributed by atoms with Crippen LogP contribution in [-0.2, 0) is 17.6 Å². The lowest BCUT2D eigenvalue weighted by molar-refractivity contribution is -0.123. The van der Waals surface area contributed by atoms with Crippen molar-refractivity contribution in [2.24, 2.45) is 5.41 Å². The van der Waals surface area contributed by atoms with E-state index in [2.05, 4.69) is 22.6 Å². The molecule has 1 N–H and O–H groups in total. The van der Waals surface area contributed by atoms with Crippen LogP contribution in [0.25, 0.3) is 0 Å². The Balaban J connectivity index is 1.89. The van der Waals surface area contributed by atoms with Gasteiger partial charge in [-0.25, -0.2) is 0 Å². The maximum Gasteiger partial charge on any atom is 0.245 e. The first kappa shape index (κ1) is 14.3. The summed E-state index contributed by atoms with van der Waals surface area (Å²) in [4.78, 5) is 12.7. The minimum Gasteiger partial charge on any atom is -0.359 e. The van der Waals surface area contributed by atoms with E-state index in [1.165, 1.54) is 5.56 Å². The van der Waals surface area contributed by atoms with Gasteiger partial charge in [-0.3, -0.25) is 4.79 Å². The first-order valence-electron chi connectivity index (χ1n) is 7.28. The topological polar surface area (TPSA) is 78.9 Å². The monoisotopic (exact) mass is 295 g/mol. The van der Waals surface area contributed by atoms with Gasteiger partial charge < -0.3 is 9.84 Å². The number of nitrogens with zero attached hydrogens (tertiary/aromatic N) is 2. The molecule has 2 aromatic rings. The molecule has 0 radical (unpaired) electrons. The van der Waals surface area contributed by atoms with E-state index < -0.39 is 5.41 Å². The predicted octanol–water partition coefficient (Wildman–Crippen LogP) is 2.93. The normalized spacial score (nSPS) is 20.0. The van der Waals surface area contributed by atoms with Crippen LogP contribution in [-0.4, -0.2) is 11.1 Å². The Morgan fingerprint density at radius 1 is 1.36 bits per heavy atom. The zero-order valence-electron chi connectivity index (χ0n) is 12.6. The van der Waals surface area contributed by atoms with Gasteiger partial charge in [-0.2, -0.15) is 5.26 Å². The molecule has 0 spiro atoms. The minimum atomic E-state index is -1.04. The third kappa shape index (κ3) is 2.27. The van der Waals surface area contributed by atoms with Gasteiger partial charge in [-0.15, -0.1) is 0 Å². The summed E-state index contributed by atoms with van der Waals surface area (Å²) in [6, 6.07) is 10.2. The number of nitrogens with one attached hydrogen (secondary N) is 1. The number of fused-ring (bicyclic) bond motifs is 1. The molecular weight excluding hydrogens is 278 g/mol. The second-order valence-electron chi connectivity index (χ2n) is 5.79. The van der Waals surface area contributed by atoms with Crippen LogP contribution in [0.5, 0.6) is 0 Å². The summed E-state index contributed by atoms with van der Waals surface area (Å²) < 4.78 is 5.06. The number of anilines is 1. The molecule has 0 aliphatic heterocycles. The minimum absolute atomic E-state index is 0.279. The predicted molar refractivity (Wildman–Crippen MR) is 81.1 cm³/mol. The van der Waals surface area contributed by atoms with Crippen molar-refractivity contribution in [3.05, 3.63) is 46.8 Å². The summed E-state index contributed by atoms with van der Waals surface area (Å²) in [7, 11) is 0. The largest absolute Gasteiger partial charge is 0.359 e. The zero-order chi connectivity index (χ0) is 15.7. The van der Waals surface area contributed by atoms with Crippen LogP contribution >= 0.6 is 0 Å². The molecule has 1 aromatic carbocycles. The van der Waals surface area contributed by atoms with Crippen LogP contribution in [0.3, 0.4) is 0 Å². The number of carbonyl (C=O) groups is 1. The summed E-state index contributed by atoms with van der Waals surface area (Å²) in [6.45, 7) is 3.51. The quantitative estimate of drug-likeness (QED) is 0.923. The molecule has 1 unspecified atom stereocenters. The molecule has 5 heteroatoms. The van der Waals surface area contributed by atoms with Crippen molar-refractivity contribution in [2.75, 3.05) is 5.32 Å². The van der Waals surface area contributed by atoms with E-state index in [9.17, 15) is 10.1 Å². The van der Waals surface area contributed by atoms with E-state index in [0.717, 1.165) is 12.0 Å². The maximum atomic E-state index is 12.7. The van der Waals surface area contributed by atoms with E-state index in [1.807, 2.05) is 18.2 Å². The Kier molecular flexibility index (Phi) is 3.45. The van der Waals surface area contributed by atoms with Crippen molar-refractivity contribution in [1.82, 2.24) is 5.16 Å². The lowest BCUT2D eigenvalue weighted by atomic mass is 9.72. The van der Waals surface area contributed by atoms with Crippen LogP contribution in [0.1, 0.15) is 29.0 Å². The van der Waals surface area contributed by atoms with Gasteiger partial charge in [0, 0.05) is 6.42 Å². The molecule has 3 rings (SSSR count). The number of amides is 1. The van der Waals surface area contributed by atoms with Crippen LogP contribution in [0.4, 0.5) is 5.69 Å². The average molecular weight is 295 g/mol. The average Bonchev–Trinajstić information content (AvgIpc) is 2.86. The number of rotatable bonds is 2. The van der Waals surface area contributed by atoms with Crippen molar-refractivity contribution in [1.29, 1.82) is 5.26 Å². The van der Waals surface area contributed by atoms with Gasteiger partial charge >= 0.3 is 0 Å². The van der Waals surface area contributed by atoms with E-state index >= 15 is 0 Å². The van der Waals surface area contributed by atoms with Crippen molar-refractivity contribution in [3.8, 4) is 6.07 Å². The summed E-state index contributed by atoms with van der Waals surface area (Å²) >= 11 is 0. The van der Waals surface area contributed by atoms with E-state index in [0.29, 0.717) is 30.0 Å². The molecule has 0 saturated carbocycles. The second-order valence-corrected chi connectivity index (χ2v) is 5.79. The summed E-state index contributed by atoms with van der Waals surface area (Å²) in [6.07, 6.45) is 1.70. The number of aromatic nitrogens is 1. The SMILES string of the molecule is Cc1noc(C)c1NC(=O)C1(C#N)CCc2ccccc2C1. The third-order valence-electron chi connectivity index (χ3n) is 4.35. The van der Waals surface area contributed by atoms with E-state index in [-0.39, 0.29) is 5.91 Å². The fourth-order valence-electron chi connectivity index (χ4n) is 2.97. The lowest BCUT2D eigenvalue weighted by Crippen LogP contribution is -2.40. The Morgan fingerprint density at radius 2 is 2.09 bits per heavy atom. The molecule has 1 heterocycles. The fourth-order valence-corrected chi connectivity index (χ4v) is 2.97. The van der Waals surface area contributed by atoms with E-state index in [1.54, 1.807) is 13.8 Å². The third-order valence-corrected chi connectivity index (χ3v) is 4.35. The summed E-state index contributed by atoms with van der Waals surface area (Å²) in [5.74, 6) is 0.272. The highest BCUT2D eigenvalue weighted by Crippen LogP contribution is 2.36. The zero-order valence-corrected chi connectivity index (χ0v) is 12.6. The highest BCUT2D eigenvalue weighted by atomic mass is 16.5. The van der Waals surface area contributed by atoms with Crippen molar-refractivity contribution in [2.45, 2.75) is 33.1 Å². The van der Waals surface area contributed by atoms with Gasteiger partial charge in [0.05, 0.1) is 6.07 Å². The molecule has 0 bridgehead atoms.